The second-order valence-electron chi connectivity index (χ2n) is 2.62. The maximum Gasteiger partial charge on any atom is 0.129 e. The SMILES string of the molecule is C/C(COc1ccc(O)cc1)=N\O. The van der Waals surface area contributed by atoms with Gasteiger partial charge in [-0.3, -0.25) is 0 Å². The Morgan fingerprint density at radius 3 is 2.54 bits per heavy atom. The number of phenolic OH excluding ortho intramolecular Hbond substituents is 1. The molecular weight excluding hydrogens is 170 g/mol. The highest BCUT2D eigenvalue weighted by Gasteiger charge is 1.95. The minimum atomic E-state index is 0.194. The van der Waals surface area contributed by atoms with Crippen molar-refractivity contribution in [2.45, 2.75) is 6.92 Å². The smallest absolute Gasteiger partial charge is 0.129 e. The molecule has 1 aromatic rings. The third-order valence-electron chi connectivity index (χ3n) is 1.46. The Balaban J connectivity index is 2.51. The first-order chi connectivity index (χ1) is 6.22. The summed E-state index contributed by atoms with van der Waals surface area (Å²) in [5.41, 5.74) is 0.494. The van der Waals surface area contributed by atoms with Crippen LogP contribution in [0, 0.1) is 0 Å². The van der Waals surface area contributed by atoms with E-state index in [9.17, 15) is 0 Å². The average Bonchev–Trinajstić information content (AvgIpc) is 2.16. The van der Waals surface area contributed by atoms with Gasteiger partial charge in [-0.2, -0.15) is 0 Å². The van der Waals surface area contributed by atoms with Crippen LogP contribution in [0.5, 0.6) is 11.5 Å². The van der Waals surface area contributed by atoms with Gasteiger partial charge in [0.25, 0.3) is 0 Å². The minimum Gasteiger partial charge on any atom is -0.508 e. The van der Waals surface area contributed by atoms with E-state index >= 15 is 0 Å². The Kier molecular flexibility index (Phi) is 3.14. The predicted octanol–water partition coefficient (Wildman–Crippen LogP) is 1.62. The van der Waals surface area contributed by atoms with Crippen LogP contribution in [0.25, 0.3) is 0 Å². The highest BCUT2D eigenvalue weighted by molar-refractivity contribution is 5.82. The number of hydrogen-bond donors (Lipinski definition) is 2. The van der Waals surface area contributed by atoms with Gasteiger partial charge in [0.15, 0.2) is 0 Å². The Bertz CT molecular complexity index is 292. The predicted molar refractivity (Wildman–Crippen MR) is 48.5 cm³/mol. The van der Waals surface area contributed by atoms with Gasteiger partial charge in [-0.05, 0) is 31.2 Å². The van der Waals surface area contributed by atoms with Crippen LogP contribution >= 0.6 is 0 Å². The highest BCUT2D eigenvalue weighted by Crippen LogP contribution is 2.15. The average molecular weight is 181 g/mol. The lowest BCUT2D eigenvalue weighted by atomic mass is 10.3. The molecule has 0 amide bonds. The summed E-state index contributed by atoms with van der Waals surface area (Å²) >= 11 is 0. The van der Waals surface area contributed by atoms with Crippen molar-refractivity contribution in [3.05, 3.63) is 24.3 Å². The summed E-state index contributed by atoms with van der Waals surface area (Å²) in [5.74, 6) is 0.820. The molecule has 0 aliphatic rings. The number of ether oxygens (including phenoxy) is 1. The fraction of sp³-hybridized carbons (Fsp3) is 0.222. The van der Waals surface area contributed by atoms with E-state index in [4.69, 9.17) is 15.1 Å². The summed E-state index contributed by atoms with van der Waals surface area (Å²) in [5, 5.41) is 20.2. The fourth-order valence-electron chi connectivity index (χ4n) is 0.759. The lowest BCUT2D eigenvalue weighted by molar-refractivity contribution is 0.307. The van der Waals surface area contributed by atoms with E-state index in [0.29, 0.717) is 11.5 Å². The Morgan fingerprint density at radius 2 is 2.00 bits per heavy atom. The molecule has 0 saturated heterocycles. The monoisotopic (exact) mass is 181 g/mol. The summed E-state index contributed by atoms with van der Waals surface area (Å²) in [7, 11) is 0. The van der Waals surface area contributed by atoms with Gasteiger partial charge in [0, 0.05) is 0 Å². The molecule has 1 rings (SSSR count). The number of benzene rings is 1. The van der Waals surface area contributed by atoms with Gasteiger partial charge in [-0.15, -0.1) is 0 Å². The van der Waals surface area contributed by atoms with Gasteiger partial charge in [0.05, 0.1) is 5.71 Å². The van der Waals surface area contributed by atoms with Crippen LogP contribution in [-0.4, -0.2) is 22.6 Å². The van der Waals surface area contributed by atoms with E-state index in [1.54, 1.807) is 19.1 Å². The molecule has 0 aromatic heterocycles. The lowest BCUT2D eigenvalue weighted by Crippen LogP contribution is -2.06. The minimum absolute atomic E-state index is 0.194. The van der Waals surface area contributed by atoms with Gasteiger partial charge in [0.1, 0.15) is 18.1 Å². The second kappa shape index (κ2) is 4.35. The molecule has 0 aliphatic heterocycles. The maximum atomic E-state index is 8.96. The second-order valence-corrected chi connectivity index (χ2v) is 2.62. The van der Waals surface area contributed by atoms with Gasteiger partial charge < -0.3 is 15.1 Å². The molecule has 13 heavy (non-hydrogen) atoms. The molecule has 0 fully saturated rings. The van der Waals surface area contributed by atoms with Crippen LogP contribution in [0.2, 0.25) is 0 Å². The van der Waals surface area contributed by atoms with E-state index in [0.717, 1.165) is 0 Å². The van der Waals surface area contributed by atoms with Gasteiger partial charge in [0.2, 0.25) is 0 Å². The molecule has 0 atom stereocenters. The van der Waals surface area contributed by atoms with Crippen LogP contribution in [0.15, 0.2) is 29.4 Å². The number of nitrogens with zero attached hydrogens (tertiary/aromatic N) is 1. The summed E-state index contributed by atoms with van der Waals surface area (Å²) in [4.78, 5) is 0. The summed E-state index contributed by atoms with van der Waals surface area (Å²) in [6.07, 6.45) is 0. The zero-order valence-corrected chi connectivity index (χ0v) is 7.27. The maximum absolute atomic E-state index is 8.96. The highest BCUT2D eigenvalue weighted by atomic mass is 16.5. The zero-order chi connectivity index (χ0) is 9.68. The van der Waals surface area contributed by atoms with Gasteiger partial charge in [-0.1, -0.05) is 5.16 Å². The zero-order valence-electron chi connectivity index (χ0n) is 7.27. The van der Waals surface area contributed by atoms with E-state index in [1.165, 1.54) is 12.1 Å². The molecule has 0 spiro atoms. The molecule has 0 aliphatic carbocycles. The number of hydrogen-bond acceptors (Lipinski definition) is 4. The van der Waals surface area contributed by atoms with Crippen molar-refractivity contribution in [1.29, 1.82) is 0 Å². The Morgan fingerprint density at radius 1 is 1.38 bits per heavy atom. The molecule has 0 heterocycles. The van der Waals surface area contributed by atoms with E-state index < -0.39 is 0 Å². The third-order valence-corrected chi connectivity index (χ3v) is 1.46. The van der Waals surface area contributed by atoms with Crippen LogP contribution in [0.3, 0.4) is 0 Å². The molecular formula is C9H11NO3. The van der Waals surface area contributed by atoms with Crippen molar-refractivity contribution < 1.29 is 15.1 Å². The molecule has 1 aromatic carbocycles. The first-order valence-electron chi connectivity index (χ1n) is 3.81. The van der Waals surface area contributed by atoms with Crippen molar-refractivity contribution in [1.82, 2.24) is 0 Å². The molecule has 0 unspecified atom stereocenters. The number of aromatic hydroxyl groups is 1. The van der Waals surface area contributed by atoms with Crippen LogP contribution in [0.4, 0.5) is 0 Å². The number of phenols is 1. The van der Waals surface area contributed by atoms with Gasteiger partial charge >= 0.3 is 0 Å². The van der Waals surface area contributed by atoms with E-state index in [1.807, 2.05) is 0 Å². The van der Waals surface area contributed by atoms with Crippen LogP contribution in [-0.2, 0) is 0 Å². The van der Waals surface area contributed by atoms with E-state index in [-0.39, 0.29) is 12.4 Å². The van der Waals surface area contributed by atoms with E-state index in [2.05, 4.69) is 5.16 Å². The van der Waals surface area contributed by atoms with Gasteiger partial charge in [-0.25, -0.2) is 0 Å². The van der Waals surface area contributed by atoms with Crippen molar-refractivity contribution in [3.8, 4) is 11.5 Å². The molecule has 0 saturated carbocycles. The quantitative estimate of drug-likeness (QED) is 0.423. The standard InChI is InChI=1S/C9H11NO3/c1-7(10-12)6-13-9-4-2-8(11)3-5-9/h2-5,11-12H,6H2,1H3/b10-7+. The van der Waals surface area contributed by atoms with Crippen molar-refractivity contribution in [2.24, 2.45) is 5.16 Å². The molecule has 4 heteroatoms. The molecule has 0 bridgehead atoms. The Labute approximate surface area is 76.1 Å². The first-order valence-corrected chi connectivity index (χ1v) is 3.81. The number of rotatable bonds is 3. The summed E-state index contributed by atoms with van der Waals surface area (Å²) < 4.78 is 5.21. The van der Waals surface area contributed by atoms with Crippen molar-refractivity contribution in [2.75, 3.05) is 6.61 Å². The lowest BCUT2D eigenvalue weighted by Gasteiger charge is -2.04. The summed E-state index contributed by atoms with van der Waals surface area (Å²) in [6, 6.07) is 6.33. The Hall–Kier alpha value is -1.71. The third kappa shape index (κ3) is 3.02. The summed E-state index contributed by atoms with van der Waals surface area (Å²) in [6.45, 7) is 1.89. The molecule has 70 valence electrons. The fourth-order valence-corrected chi connectivity index (χ4v) is 0.759. The van der Waals surface area contributed by atoms with Crippen molar-refractivity contribution >= 4 is 5.71 Å². The first kappa shape index (κ1) is 9.38. The molecule has 0 radical (unpaired) electrons. The van der Waals surface area contributed by atoms with Crippen LogP contribution in [0.1, 0.15) is 6.92 Å². The number of oxime groups is 1. The normalized spacial score (nSPS) is 11.3. The molecule has 4 nitrogen and oxygen atoms in total. The largest absolute Gasteiger partial charge is 0.508 e. The van der Waals surface area contributed by atoms with Crippen LogP contribution < -0.4 is 4.74 Å². The molecule has 2 N–H and O–H groups in total. The van der Waals surface area contributed by atoms with Crippen molar-refractivity contribution in [3.63, 3.8) is 0 Å². The topological polar surface area (TPSA) is 62.0 Å².